The van der Waals surface area contributed by atoms with Gasteiger partial charge in [0, 0.05) is 25.9 Å². The number of benzene rings is 1. The summed E-state index contributed by atoms with van der Waals surface area (Å²) >= 11 is 2.68. The zero-order valence-corrected chi connectivity index (χ0v) is 16.1. The van der Waals surface area contributed by atoms with E-state index in [0.29, 0.717) is 28.9 Å². The molecule has 7 nitrogen and oxygen atoms in total. The molecule has 1 aliphatic rings. The smallest absolute Gasteiger partial charge is 0.274 e. The van der Waals surface area contributed by atoms with Gasteiger partial charge in [0.25, 0.3) is 11.1 Å². The maximum atomic E-state index is 12.5. The Bertz CT molecular complexity index is 931. The Balaban J connectivity index is 1.38. The van der Waals surface area contributed by atoms with Gasteiger partial charge in [0.05, 0.1) is 23.0 Å². The van der Waals surface area contributed by atoms with Crippen molar-refractivity contribution in [2.45, 2.75) is 25.9 Å². The average Bonchev–Trinajstić information content (AvgIpc) is 3.26. The van der Waals surface area contributed by atoms with E-state index in [2.05, 4.69) is 14.6 Å². The molecule has 0 radical (unpaired) electrons. The van der Waals surface area contributed by atoms with Crippen molar-refractivity contribution in [2.75, 3.05) is 20.2 Å². The molecule has 0 bridgehead atoms. The molecule has 9 heteroatoms. The van der Waals surface area contributed by atoms with Gasteiger partial charge in [0.15, 0.2) is 0 Å². The van der Waals surface area contributed by atoms with E-state index < -0.39 is 0 Å². The van der Waals surface area contributed by atoms with Crippen LogP contribution >= 0.6 is 22.9 Å². The summed E-state index contributed by atoms with van der Waals surface area (Å²) in [6, 6.07) is 5.79. The van der Waals surface area contributed by atoms with E-state index in [1.165, 1.54) is 11.3 Å². The van der Waals surface area contributed by atoms with Crippen LogP contribution in [0.25, 0.3) is 10.2 Å². The summed E-state index contributed by atoms with van der Waals surface area (Å²) in [6.07, 6.45) is 1.65. The largest absolute Gasteiger partial charge is 0.497 e. The molecule has 1 aliphatic heterocycles. The van der Waals surface area contributed by atoms with Gasteiger partial charge in [0.2, 0.25) is 0 Å². The lowest BCUT2D eigenvalue weighted by Crippen LogP contribution is -2.41. The van der Waals surface area contributed by atoms with Crippen molar-refractivity contribution in [3.8, 4) is 10.9 Å². The van der Waals surface area contributed by atoms with E-state index in [-0.39, 0.29) is 12.0 Å². The van der Waals surface area contributed by atoms with Crippen molar-refractivity contribution >= 4 is 39.0 Å². The number of ether oxygens (including phenoxy) is 2. The fourth-order valence-corrected chi connectivity index (χ4v) is 4.49. The van der Waals surface area contributed by atoms with Crippen molar-refractivity contribution in [1.82, 2.24) is 19.5 Å². The maximum absolute atomic E-state index is 12.5. The molecule has 4 rings (SSSR count). The first kappa shape index (κ1) is 17.2. The summed E-state index contributed by atoms with van der Waals surface area (Å²) in [5, 5.41) is 4.58. The molecule has 26 heavy (non-hydrogen) atoms. The Morgan fingerprint density at radius 1 is 1.31 bits per heavy atom. The molecular weight excluding hydrogens is 372 g/mol. The van der Waals surface area contributed by atoms with Gasteiger partial charge >= 0.3 is 0 Å². The highest BCUT2D eigenvalue weighted by molar-refractivity contribution is 7.20. The first-order valence-electron chi connectivity index (χ1n) is 8.33. The Labute approximate surface area is 158 Å². The van der Waals surface area contributed by atoms with E-state index in [0.717, 1.165) is 40.3 Å². The Morgan fingerprint density at radius 2 is 2.12 bits per heavy atom. The number of rotatable bonds is 4. The first-order chi connectivity index (χ1) is 12.6. The number of likely N-dealkylation sites (tertiary alicyclic amines) is 1. The predicted octanol–water partition coefficient (Wildman–Crippen LogP) is 3.15. The highest BCUT2D eigenvalue weighted by Crippen LogP contribution is 2.32. The van der Waals surface area contributed by atoms with E-state index in [9.17, 15) is 4.79 Å². The zero-order valence-electron chi connectivity index (χ0n) is 14.5. The molecule has 0 spiro atoms. The summed E-state index contributed by atoms with van der Waals surface area (Å²) in [5.74, 6) is 0.829. The van der Waals surface area contributed by atoms with Crippen molar-refractivity contribution in [3.05, 3.63) is 28.8 Å². The van der Waals surface area contributed by atoms with Crippen molar-refractivity contribution < 1.29 is 14.3 Å². The number of carbonyl (C=O) groups is 1. The summed E-state index contributed by atoms with van der Waals surface area (Å²) in [5.41, 5.74) is 1.61. The van der Waals surface area contributed by atoms with Gasteiger partial charge in [-0.2, -0.15) is 0 Å². The highest BCUT2D eigenvalue weighted by Gasteiger charge is 2.27. The van der Waals surface area contributed by atoms with Crippen molar-refractivity contribution in [3.63, 3.8) is 0 Å². The standard InChI is InChI=1S/C17H18N4O3S2/c1-10-15(26-20-19-10)16(22)21-7-5-11(6-8-21)24-17-18-13-4-3-12(23-2)9-14(13)25-17/h3-4,9,11H,5-8H2,1-2H3. The first-order valence-corrected chi connectivity index (χ1v) is 9.92. The summed E-state index contributed by atoms with van der Waals surface area (Å²) in [4.78, 5) is 19.5. The monoisotopic (exact) mass is 390 g/mol. The Hall–Kier alpha value is -2.26. The van der Waals surface area contributed by atoms with E-state index in [1.54, 1.807) is 7.11 Å². The predicted molar refractivity (Wildman–Crippen MR) is 100 cm³/mol. The summed E-state index contributed by atoms with van der Waals surface area (Å²) in [7, 11) is 1.65. The molecule has 0 atom stereocenters. The third kappa shape index (κ3) is 3.36. The number of methoxy groups -OCH3 is 1. The van der Waals surface area contributed by atoms with Gasteiger partial charge in [-0.3, -0.25) is 4.79 Å². The molecule has 3 heterocycles. The molecule has 2 aromatic heterocycles. The number of fused-ring (bicyclic) bond motifs is 1. The van der Waals surface area contributed by atoms with Crippen molar-refractivity contribution in [2.24, 2.45) is 0 Å². The molecule has 3 aromatic rings. The lowest BCUT2D eigenvalue weighted by atomic mass is 10.1. The highest BCUT2D eigenvalue weighted by atomic mass is 32.1. The quantitative estimate of drug-likeness (QED) is 0.681. The van der Waals surface area contributed by atoms with Gasteiger partial charge in [-0.15, -0.1) is 5.10 Å². The van der Waals surface area contributed by atoms with Crippen LogP contribution in [0, 0.1) is 6.92 Å². The van der Waals surface area contributed by atoms with Crippen LogP contribution in [0.1, 0.15) is 28.2 Å². The van der Waals surface area contributed by atoms with Crippen LogP contribution in [0.5, 0.6) is 10.9 Å². The number of carbonyl (C=O) groups excluding carboxylic acids is 1. The lowest BCUT2D eigenvalue weighted by Gasteiger charge is -2.31. The second-order valence-electron chi connectivity index (χ2n) is 6.11. The van der Waals surface area contributed by atoms with Crippen molar-refractivity contribution in [1.29, 1.82) is 0 Å². The minimum atomic E-state index is 0.0167. The van der Waals surface area contributed by atoms with Crippen LogP contribution in [0.2, 0.25) is 0 Å². The maximum Gasteiger partial charge on any atom is 0.274 e. The minimum absolute atomic E-state index is 0.0167. The number of thiazole rings is 1. The number of aryl methyl sites for hydroxylation is 1. The topological polar surface area (TPSA) is 77.4 Å². The lowest BCUT2D eigenvalue weighted by molar-refractivity contribution is 0.0599. The van der Waals surface area contributed by atoms with E-state index in [1.807, 2.05) is 30.0 Å². The minimum Gasteiger partial charge on any atom is -0.497 e. The van der Waals surface area contributed by atoms with Crippen LogP contribution in [-0.4, -0.2) is 51.7 Å². The summed E-state index contributed by atoms with van der Waals surface area (Å²) < 4.78 is 16.2. The van der Waals surface area contributed by atoms with Crippen LogP contribution in [0.3, 0.4) is 0 Å². The summed E-state index contributed by atoms with van der Waals surface area (Å²) in [6.45, 7) is 3.15. The molecule has 0 unspecified atom stereocenters. The number of piperidine rings is 1. The van der Waals surface area contributed by atoms with Crippen LogP contribution in [0.4, 0.5) is 0 Å². The number of aromatic nitrogens is 3. The number of nitrogens with zero attached hydrogens (tertiary/aromatic N) is 4. The second-order valence-corrected chi connectivity index (χ2v) is 7.86. The molecule has 1 fully saturated rings. The van der Waals surface area contributed by atoms with E-state index >= 15 is 0 Å². The van der Waals surface area contributed by atoms with Gasteiger partial charge in [-0.25, -0.2) is 4.98 Å². The Morgan fingerprint density at radius 3 is 2.81 bits per heavy atom. The third-order valence-corrected chi connectivity index (χ3v) is 6.14. The van der Waals surface area contributed by atoms with Gasteiger partial charge in [-0.1, -0.05) is 15.8 Å². The molecule has 0 aliphatic carbocycles. The van der Waals surface area contributed by atoms with E-state index in [4.69, 9.17) is 9.47 Å². The Kier molecular flexibility index (Phi) is 4.73. The normalized spacial score (nSPS) is 15.4. The molecule has 1 aromatic carbocycles. The number of hydrogen-bond acceptors (Lipinski definition) is 8. The molecule has 0 N–H and O–H groups in total. The second kappa shape index (κ2) is 7.16. The molecule has 1 saturated heterocycles. The van der Waals surface area contributed by atoms with Crippen LogP contribution in [0.15, 0.2) is 18.2 Å². The molecule has 1 amide bonds. The van der Waals surface area contributed by atoms with Gasteiger partial charge < -0.3 is 14.4 Å². The van der Waals surface area contributed by atoms with Crippen LogP contribution in [-0.2, 0) is 0 Å². The average molecular weight is 390 g/mol. The number of amides is 1. The molecule has 136 valence electrons. The van der Waals surface area contributed by atoms with Gasteiger partial charge in [0.1, 0.15) is 16.7 Å². The fourth-order valence-electron chi connectivity index (χ4n) is 2.95. The SMILES string of the molecule is COc1ccc2nc(OC3CCN(C(=O)c4snnc4C)CC3)sc2c1. The molecule has 0 saturated carbocycles. The third-order valence-electron chi connectivity index (χ3n) is 4.42. The molecular formula is C17H18N4O3S2. The van der Waals surface area contributed by atoms with Gasteiger partial charge in [-0.05, 0) is 36.7 Å². The zero-order chi connectivity index (χ0) is 18.1. The van der Waals surface area contributed by atoms with Crippen LogP contribution < -0.4 is 9.47 Å². The number of hydrogen-bond donors (Lipinski definition) is 0. The fraction of sp³-hybridized carbons (Fsp3) is 0.412.